The summed E-state index contributed by atoms with van der Waals surface area (Å²) in [7, 11) is 0. The van der Waals surface area contributed by atoms with Gasteiger partial charge >= 0.3 is 0 Å². The van der Waals surface area contributed by atoms with Crippen molar-refractivity contribution >= 4 is 16.7 Å². The highest BCUT2D eigenvalue weighted by atomic mass is 16.5. The number of aromatic nitrogens is 2. The zero-order chi connectivity index (χ0) is 17.1. The van der Waals surface area contributed by atoms with Crippen LogP contribution in [0.3, 0.4) is 0 Å². The molecular weight excluding hydrogens is 322 g/mol. The lowest BCUT2D eigenvalue weighted by molar-refractivity contribution is 0.482. The number of fused-ring (bicyclic) bond motifs is 1. The highest BCUT2D eigenvalue weighted by Crippen LogP contribution is 2.23. The van der Waals surface area contributed by atoms with E-state index in [9.17, 15) is 0 Å². The lowest BCUT2D eigenvalue weighted by Crippen LogP contribution is -1.91. The second-order valence-electron chi connectivity index (χ2n) is 5.73. The van der Waals surface area contributed by atoms with Crippen molar-refractivity contribution in [3.8, 4) is 11.5 Å². The maximum absolute atomic E-state index is 7.08. The Hall–Kier alpha value is -3.58. The van der Waals surface area contributed by atoms with Crippen molar-refractivity contribution in [3.63, 3.8) is 0 Å². The Morgan fingerprint density at radius 3 is 2.38 bits per heavy atom. The van der Waals surface area contributed by atoms with Crippen LogP contribution in [0.25, 0.3) is 15.9 Å². The van der Waals surface area contributed by atoms with Crippen LogP contribution < -0.4 is 4.74 Å². The summed E-state index contributed by atoms with van der Waals surface area (Å²) < 4.78 is 5.81. The van der Waals surface area contributed by atoms with Crippen molar-refractivity contribution in [2.24, 2.45) is 0 Å². The molecule has 0 radical (unpaired) electrons. The molecule has 0 bridgehead atoms. The molecule has 0 saturated carbocycles. The van der Waals surface area contributed by atoms with Crippen LogP contribution in [-0.2, 0) is 6.42 Å². The number of aromatic amines is 1. The van der Waals surface area contributed by atoms with Gasteiger partial charge in [0.2, 0.25) is 0 Å². The Labute approximate surface area is 152 Å². The number of benzene rings is 3. The zero-order valence-corrected chi connectivity index (χ0v) is 13.4. The van der Waals surface area contributed by atoms with E-state index in [2.05, 4.69) is 14.8 Å². The molecular formula is C22H19N3O. The highest BCUT2D eigenvalue weighted by molar-refractivity contribution is 5.79. The summed E-state index contributed by atoms with van der Waals surface area (Å²) in [4.78, 5) is 11.3. The van der Waals surface area contributed by atoms with Crippen LogP contribution in [0, 0.1) is 6.57 Å². The molecule has 0 saturated heterocycles. The molecule has 0 atom stereocenters. The molecule has 1 heterocycles. The van der Waals surface area contributed by atoms with E-state index in [1.165, 1.54) is 0 Å². The second kappa shape index (κ2) is 7.54. The summed E-state index contributed by atoms with van der Waals surface area (Å²) in [5, 5.41) is 0. The number of nitrogens with one attached hydrogen (secondary N) is 1. The number of rotatable bonds is 4. The van der Waals surface area contributed by atoms with Gasteiger partial charge in [0.05, 0.1) is 17.6 Å². The van der Waals surface area contributed by atoms with Gasteiger partial charge in [-0.05, 0) is 42.0 Å². The summed E-state index contributed by atoms with van der Waals surface area (Å²) in [6.07, 6.45) is 0.702. The quantitative estimate of drug-likeness (QED) is 0.453. The third-order valence-electron chi connectivity index (χ3n) is 3.92. The summed E-state index contributed by atoms with van der Waals surface area (Å²) in [6.45, 7) is 7.08. The zero-order valence-electron chi connectivity index (χ0n) is 13.4. The van der Waals surface area contributed by atoms with Gasteiger partial charge in [-0.3, -0.25) is 0 Å². The molecule has 0 fully saturated rings. The standard InChI is InChI=1S/C21H15N3O.CH4/c1-22-16-9-12-19-20(14-16)24-21(23-19)13-15-7-10-18(11-8-15)25-17-5-3-2-4-6-17;/h2-12,14H,13H2,(H,23,24);1H4. The van der Waals surface area contributed by atoms with E-state index in [1.807, 2.05) is 66.7 Å². The second-order valence-corrected chi connectivity index (χ2v) is 5.73. The van der Waals surface area contributed by atoms with Gasteiger partial charge in [-0.1, -0.05) is 43.8 Å². The van der Waals surface area contributed by atoms with E-state index < -0.39 is 0 Å². The molecule has 4 heteroatoms. The molecule has 26 heavy (non-hydrogen) atoms. The SMILES string of the molecule is C.[C-]#[N+]c1ccc2nc(Cc3ccc(Oc4ccccc4)cc3)[nH]c2c1. The molecule has 0 amide bonds. The third-order valence-corrected chi connectivity index (χ3v) is 3.92. The molecule has 3 aromatic carbocycles. The molecule has 0 aliphatic carbocycles. The number of hydrogen-bond acceptors (Lipinski definition) is 2. The van der Waals surface area contributed by atoms with E-state index in [4.69, 9.17) is 11.3 Å². The topological polar surface area (TPSA) is 42.3 Å². The Bertz CT molecular complexity index is 1040. The van der Waals surface area contributed by atoms with Gasteiger partial charge in [0, 0.05) is 6.42 Å². The van der Waals surface area contributed by atoms with E-state index in [0.717, 1.165) is 33.9 Å². The number of ether oxygens (including phenoxy) is 1. The molecule has 4 rings (SSSR count). The minimum Gasteiger partial charge on any atom is -0.457 e. The van der Waals surface area contributed by atoms with Gasteiger partial charge < -0.3 is 9.72 Å². The summed E-state index contributed by atoms with van der Waals surface area (Å²) >= 11 is 0. The fraction of sp³-hybridized carbons (Fsp3) is 0.0909. The highest BCUT2D eigenvalue weighted by Gasteiger charge is 2.05. The predicted molar refractivity (Wildman–Crippen MR) is 105 cm³/mol. The van der Waals surface area contributed by atoms with Crippen molar-refractivity contribution in [3.05, 3.63) is 95.6 Å². The predicted octanol–water partition coefficient (Wildman–Crippen LogP) is 6.13. The number of imidazole rings is 1. The molecule has 1 aromatic heterocycles. The Morgan fingerprint density at radius 1 is 0.923 bits per heavy atom. The fourth-order valence-corrected chi connectivity index (χ4v) is 2.70. The average Bonchev–Trinajstić information content (AvgIpc) is 3.05. The van der Waals surface area contributed by atoms with Crippen LogP contribution in [0.4, 0.5) is 5.69 Å². The third kappa shape index (κ3) is 3.73. The van der Waals surface area contributed by atoms with Crippen LogP contribution in [0.1, 0.15) is 18.8 Å². The Morgan fingerprint density at radius 2 is 1.65 bits per heavy atom. The van der Waals surface area contributed by atoms with Crippen LogP contribution in [-0.4, -0.2) is 9.97 Å². The van der Waals surface area contributed by atoms with Gasteiger partial charge in [0.25, 0.3) is 0 Å². The normalized spacial score (nSPS) is 10.1. The maximum Gasteiger partial charge on any atom is 0.189 e. The van der Waals surface area contributed by atoms with Crippen LogP contribution in [0.5, 0.6) is 11.5 Å². The smallest absolute Gasteiger partial charge is 0.189 e. The molecule has 0 unspecified atom stereocenters. The fourth-order valence-electron chi connectivity index (χ4n) is 2.70. The van der Waals surface area contributed by atoms with E-state index in [-0.39, 0.29) is 7.43 Å². The van der Waals surface area contributed by atoms with Crippen molar-refractivity contribution < 1.29 is 4.74 Å². The van der Waals surface area contributed by atoms with E-state index in [0.29, 0.717) is 12.1 Å². The summed E-state index contributed by atoms with van der Waals surface area (Å²) in [6, 6.07) is 23.2. The first-order valence-corrected chi connectivity index (χ1v) is 7.98. The maximum atomic E-state index is 7.08. The molecule has 1 N–H and O–H groups in total. The molecule has 0 aliphatic rings. The van der Waals surface area contributed by atoms with Crippen molar-refractivity contribution in [1.29, 1.82) is 0 Å². The first kappa shape index (κ1) is 17.2. The molecule has 128 valence electrons. The largest absolute Gasteiger partial charge is 0.457 e. The van der Waals surface area contributed by atoms with E-state index >= 15 is 0 Å². The van der Waals surface area contributed by atoms with Gasteiger partial charge in [0.15, 0.2) is 5.69 Å². The number of hydrogen-bond donors (Lipinski definition) is 1. The Kier molecular flexibility index (Phi) is 5.00. The van der Waals surface area contributed by atoms with Crippen LogP contribution >= 0.6 is 0 Å². The number of para-hydroxylation sites is 1. The monoisotopic (exact) mass is 341 g/mol. The van der Waals surface area contributed by atoms with Crippen LogP contribution in [0.15, 0.2) is 72.8 Å². The molecule has 4 nitrogen and oxygen atoms in total. The first-order chi connectivity index (χ1) is 12.3. The number of nitrogens with zero attached hydrogens (tertiary/aromatic N) is 2. The molecule has 0 spiro atoms. The van der Waals surface area contributed by atoms with Gasteiger partial charge in [-0.25, -0.2) is 9.83 Å². The lowest BCUT2D eigenvalue weighted by Gasteiger charge is -2.06. The summed E-state index contributed by atoms with van der Waals surface area (Å²) in [5.41, 5.74) is 3.54. The van der Waals surface area contributed by atoms with Crippen molar-refractivity contribution in [1.82, 2.24) is 9.97 Å². The minimum absolute atomic E-state index is 0. The van der Waals surface area contributed by atoms with Gasteiger partial charge in [-0.2, -0.15) is 0 Å². The minimum atomic E-state index is 0. The number of H-pyrrole nitrogens is 1. The van der Waals surface area contributed by atoms with Gasteiger partial charge in [0.1, 0.15) is 17.3 Å². The summed E-state index contributed by atoms with van der Waals surface area (Å²) in [5.74, 6) is 2.51. The molecule has 0 aliphatic heterocycles. The van der Waals surface area contributed by atoms with Crippen molar-refractivity contribution in [2.75, 3.05) is 0 Å². The Balaban J connectivity index is 0.00000196. The van der Waals surface area contributed by atoms with Crippen LogP contribution in [0.2, 0.25) is 0 Å². The first-order valence-electron chi connectivity index (χ1n) is 7.98. The molecule has 4 aromatic rings. The van der Waals surface area contributed by atoms with Gasteiger partial charge in [-0.15, -0.1) is 0 Å². The lowest BCUT2D eigenvalue weighted by atomic mass is 10.1. The van der Waals surface area contributed by atoms with Crippen molar-refractivity contribution in [2.45, 2.75) is 13.8 Å². The average molecular weight is 341 g/mol. The van der Waals surface area contributed by atoms with E-state index in [1.54, 1.807) is 6.07 Å².